The maximum atomic E-state index is 12.2. The SMILES string of the molecule is CC1(NC(=O)c2cc(Cl)nc(NN)c2)CCCC1. The molecule has 0 radical (unpaired) electrons. The number of hydrogen-bond donors (Lipinski definition) is 3. The lowest BCUT2D eigenvalue weighted by atomic mass is 10.00. The maximum absolute atomic E-state index is 12.2. The number of halogens is 1. The zero-order valence-corrected chi connectivity index (χ0v) is 11.0. The highest BCUT2D eigenvalue weighted by atomic mass is 35.5. The summed E-state index contributed by atoms with van der Waals surface area (Å²) in [7, 11) is 0. The van der Waals surface area contributed by atoms with Crippen LogP contribution in [0, 0.1) is 0 Å². The summed E-state index contributed by atoms with van der Waals surface area (Å²) in [5.41, 5.74) is 2.75. The van der Waals surface area contributed by atoms with Crippen molar-refractivity contribution in [2.24, 2.45) is 5.84 Å². The average molecular weight is 269 g/mol. The molecular weight excluding hydrogens is 252 g/mol. The molecule has 0 atom stereocenters. The van der Waals surface area contributed by atoms with Gasteiger partial charge in [0.05, 0.1) is 0 Å². The van der Waals surface area contributed by atoms with Crippen LogP contribution in [0.5, 0.6) is 0 Å². The molecule has 1 aliphatic rings. The molecule has 18 heavy (non-hydrogen) atoms. The molecule has 0 bridgehead atoms. The minimum Gasteiger partial charge on any atom is -0.347 e. The number of hydrazine groups is 1. The van der Waals surface area contributed by atoms with Crippen molar-refractivity contribution >= 4 is 23.3 Å². The molecule has 1 aromatic rings. The van der Waals surface area contributed by atoms with Crippen LogP contribution in [0.1, 0.15) is 43.0 Å². The molecular formula is C12H17ClN4O. The number of aromatic nitrogens is 1. The topological polar surface area (TPSA) is 80.0 Å². The Labute approximate surface area is 111 Å². The number of carbonyl (C=O) groups is 1. The van der Waals surface area contributed by atoms with Crippen LogP contribution < -0.4 is 16.6 Å². The van der Waals surface area contributed by atoms with Gasteiger partial charge in [-0.25, -0.2) is 10.8 Å². The van der Waals surface area contributed by atoms with E-state index < -0.39 is 0 Å². The standard InChI is InChI=1S/C12H17ClN4O/c1-12(4-2-3-5-12)16-11(18)8-6-9(13)15-10(7-8)17-14/h6-7H,2-5,14H2,1H3,(H,15,17)(H,16,18). The third kappa shape index (κ3) is 2.91. The smallest absolute Gasteiger partial charge is 0.251 e. The summed E-state index contributed by atoms with van der Waals surface area (Å²) in [4.78, 5) is 16.1. The molecule has 0 aliphatic heterocycles. The van der Waals surface area contributed by atoms with Gasteiger partial charge in [0.15, 0.2) is 0 Å². The van der Waals surface area contributed by atoms with E-state index in [9.17, 15) is 4.79 Å². The molecule has 5 nitrogen and oxygen atoms in total. The maximum Gasteiger partial charge on any atom is 0.251 e. The van der Waals surface area contributed by atoms with Crippen molar-refractivity contribution in [1.29, 1.82) is 0 Å². The minimum absolute atomic E-state index is 0.108. The summed E-state index contributed by atoms with van der Waals surface area (Å²) in [6.07, 6.45) is 4.34. The monoisotopic (exact) mass is 268 g/mol. The number of nitrogen functional groups attached to an aromatic ring is 1. The summed E-state index contributed by atoms with van der Waals surface area (Å²) in [5, 5.41) is 3.30. The molecule has 4 N–H and O–H groups in total. The van der Waals surface area contributed by atoms with Crippen LogP contribution in [0.3, 0.4) is 0 Å². The van der Waals surface area contributed by atoms with Gasteiger partial charge in [-0.15, -0.1) is 0 Å². The van der Waals surface area contributed by atoms with Gasteiger partial charge in [0.1, 0.15) is 11.0 Å². The lowest BCUT2D eigenvalue weighted by Gasteiger charge is -2.25. The predicted molar refractivity (Wildman–Crippen MR) is 71.4 cm³/mol. The van der Waals surface area contributed by atoms with Crippen LogP contribution in [-0.2, 0) is 0 Å². The van der Waals surface area contributed by atoms with Crippen LogP contribution in [0.15, 0.2) is 12.1 Å². The molecule has 1 fully saturated rings. The molecule has 0 saturated heterocycles. The van der Waals surface area contributed by atoms with Gasteiger partial charge in [0.25, 0.3) is 5.91 Å². The fourth-order valence-corrected chi connectivity index (χ4v) is 2.54. The zero-order chi connectivity index (χ0) is 13.2. The molecule has 1 saturated carbocycles. The molecule has 98 valence electrons. The fraction of sp³-hybridized carbons (Fsp3) is 0.500. The first-order valence-electron chi connectivity index (χ1n) is 5.99. The molecule has 0 aromatic carbocycles. The molecule has 1 aliphatic carbocycles. The van der Waals surface area contributed by atoms with Crippen LogP contribution >= 0.6 is 11.6 Å². The Bertz CT molecular complexity index is 457. The number of amides is 1. The number of nitrogens with two attached hydrogens (primary N) is 1. The van der Waals surface area contributed by atoms with Crippen molar-refractivity contribution in [3.05, 3.63) is 22.8 Å². The fourth-order valence-electron chi connectivity index (χ4n) is 2.33. The normalized spacial score (nSPS) is 17.5. The highest BCUT2D eigenvalue weighted by molar-refractivity contribution is 6.29. The molecule has 0 unspecified atom stereocenters. The summed E-state index contributed by atoms with van der Waals surface area (Å²) < 4.78 is 0. The average Bonchev–Trinajstić information content (AvgIpc) is 2.74. The van der Waals surface area contributed by atoms with E-state index in [-0.39, 0.29) is 16.6 Å². The van der Waals surface area contributed by atoms with E-state index in [0.717, 1.165) is 25.7 Å². The Morgan fingerprint density at radius 2 is 2.11 bits per heavy atom. The van der Waals surface area contributed by atoms with Gasteiger partial charge >= 0.3 is 0 Å². The van der Waals surface area contributed by atoms with Crippen LogP contribution in [0.2, 0.25) is 5.15 Å². The molecule has 6 heteroatoms. The lowest BCUT2D eigenvalue weighted by molar-refractivity contribution is 0.0908. The van der Waals surface area contributed by atoms with Gasteiger partial charge in [-0.05, 0) is 31.9 Å². The summed E-state index contributed by atoms with van der Waals surface area (Å²) >= 11 is 5.84. The molecule has 0 spiro atoms. The number of rotatable bonds is 3. The number of carbonyl (C=O) groups excluding carboxylic acids is 1. The van der Waals surface area contributed by atoms with Crippen LogP contribution in [0.25, 0.3) is 0 Å². The highest BCUT2D eigenvalue weighted by Gasteiger charge is 2.30. The van der Waals surface area contributed by atoms with E-state index in [1.165, 1.54) is 6.07 Å². The lowest BCUT2D eigenvalue weighted by Crippen LogP contribution is -2.43. The quantitative estimate of drug-likeness (QED) is 0.445. The van der Waals surface area contributed by atoms with Gasteiger partial charge in [-0.1, -0.05) is 24.4 Å². The second kappa shape index (κ2) is 5.12. The Kier molecular flexibility index (Phi) is 3.73. The van der Waals surface area contributed by atoms with Gasteiger partial charge in [0, 0.05) is 11.1 Å². The van der Waals surface area contributed by atoms with Crippen molar-refractivity contribution in [3.8, 4) is 0 Å². The Balaban J connectivity index is 2.15. The van der Waals surface area contributed by atoms with Gasteiger partial charge in [-0.3, -0.25) is 4.79 Å². The van der Waals surface area contributed by atoms with E-state index in [1.807, 2.05) is 0 Å². The van der Waals surface area contributed by atoms with E-state index in [4.69, 9.17) is 17.4 Å². The zero-order valence-electron chi connectivity index (χ0n) is 10.3. The van der Waals surface area contributed by atoms with E-state index >= 15 is 0 Å². The Morgan fingerprint density at radius 3 is 2.72 bits per heavy atom. The summed E-state index contributed by atoms with van der Waals surface area (Å²) in [6, 6.07) is 3.12. The van der Waals surface area contributed by atoms with Crippen molar-refractivity contribution in [3.63, 3.8) is 0 Å². The van der Waals surface area contributed by atoms with Crippen molar-refractivity contribution in [1.82, 2.24) is 10.3 Å². The first-order chi connectivity index (χ1) is 8.52. The number of hydrogen-bond acceptors (Lipinski definition) is 4. The van der Waals surface area contributed by atoms with Crippen LogP contribution in [-0.4, -0.2) is 16.4 Å². The van der Waals surface area contributed by atoms with Crippen molar-refractivity contribution < 1.29 is 4.79 Å². The second-order valence-corrected chi connectivity index (χ2v) is 5.32. The first-order valence-corrected chi connectivity index (χ1v) is 6.37. The van der Waals surface area contributed by atoms with Crippen LogP contribution in [0.4, 0.5) is 5.82 Å². The predicted octanol–water partition coefficient (Wildman–Crippen LogP) is 2.08. The summed E-state index contributed by atoms with van der Waals surface area (Å²) in [6.45, 7) is 2.07. The van der Waals surface area contributed by atoms with Gasteiger partial charge in [0.2, 0.25) is 0 Å². The number of nitrogens with one attached hydrogen (secondary N) is 2. The Morgan fingerprint density at radius 1 is 1.44 bits per heavy atom. The number of anilines is 1. The minimum atomic E-state index is -0.139. The number of pyridine rings is 1. The van der Waals surface area contributed by atoms with E-state index in [2.05, 4.69) is 22.7 Å². The van der Waals surface area contributed by atoms with E-state index in [0.29, 0.717) is 11.4 Å². The Hall–Kier alpha value is -1.33. The molecule has 1 aromatic heterocycles. The van der Waals surface area contributed by atoms with Gasteiger partial charge in [-0.2, -0.15) is 0 Å². The first kappa shape index (κ1) is 13.1. The summed E-state index contributed by atoms with van der Waals surface area (Å²) in [5.74, 6) is 5.51. The van der Waals surface area contributed by atoms with Crippen molar-refractivity contribution in [2.75, 3.05) is 5.43 Å². The molecule has 1 amide bonds. The third-order valence-corrected chi connectivity index (χ3v) is 3.52. The van der Waals surface area contributed by atoms with Gasteiger partial charge < -0.3 is 10.7 Å². The second-order valence-electron chi connectivity index (χ2n) is 4.93. The number of nitrogens with zero attached hydrogens (tertiary/aromatic N) is 1. The van der Waals surface area contributed by atoms with E-state index in [1.54, 1.807) is 6.07 Å². The largest absolute Gasteiger partial charge is 0.347 e. The molecule has 1 heterocycles. The third-order valence-electron chi connectivity index (χ3n) is 3.33. The highest BCUT2D eigenvalue weighted by Crippen LogP contribution is 2.29. The van der Waals surface area contributed by atoms with Crippen molar-refractivity contribution in [2.45, 2.75) is 38.1 Å². The molecule has 2 rings (SSSR count).